The molecule has 1 aromatic carbocycles. The molecule has 1 aromatic rings. The normalized spacial score (nSPS) is 22.5. The quantitative estimate of drug-likeness (QED) is 0.621. The van der Waals surface area contributed by atoms with Gasteiger partial charge in [-0.15, -0.1) is 0 Å². The van der Waals surface area contributed by atoms with Crippen LogP contribution in [0.25, 0.3) is 0 Å². The Morgan fingerprint density at radius 1 is 1.31 bits per heavy atom. The number of hydrogen-bond donors (Lipinski definition) is 4. The summed E-state index contributed by atoms with van der Waals surface area (Å²) in [6.07, 6.45) is 5.22. The van der Waals surface area contributed by atoms with Gasteiger partial charge in [-0.3, -0.25) is 5.41 Å². The van der Waals surface area contributed by atoms with Crippen LogP contribution in [-0.2, 0) is 10.0 Å². The molecule has 0 spiro atoms. The maximum Gasteiger partial charge on any atom is 0.269 e. The highest BCUT2D eigenvalue weighted by Gasteiger charge is 2.32. The van der Waals surface area contributed by atoms with Crippen LogP contribution in [0.2, 0.25) is 0 Å². The summed E-state index contributed by atoms with van der Waals surface area (Å²) >= 11 is 0. The van der Waals surface area contributed by atoms with Crippen LogP contribution in [0.4, 0.5) is 0 Å². The van der Waals surface area contributed by atoms with E-state index in [1.807, 2.05) is 6.92 Å². The number of rotatable bonds is 5. The Balaban J connectivity index is 1.84. The molecule has 26 heavy (non-hydrogen) atoms. The maximum atomic E-state index is 12.9. The first-order valence-electron chi connectivity index (χ1n) is 8.71. The van der Waals surface area contributed by atoms with Gasteiger partial charge in [0.2, 0.25) is 0 Å². The third kappa shape index (κ3) is 3.61. The minimum atomic E-state index is -3.79. The van der Waals surface area contributed by atoms with E-state index < -0.39 is 10.0 Å². The fourth-order valence-corrected chi connectivity index (χ4v) is 4.37. The van der Waals surface area contributed by atoms with Gasteiger partial charge in [0.15, 0.2) is 0 Å². The van der Waals surface area contributed by atoms with E-state index in [4.69, 9.17) is 5.41 Å². The number of aryl methyl sites for hydroxylation is 1. The highest BCUT2D eigenvalue weighted by Crippen LogP contribution is 2.25. The third-order valence-corrected chi connectivity index (χ3v) is 6.28. The van der Waals surface area contributed by atoms with Gasteiger partial charge in [0.25, 0.3) is 10.0 Å². The van der Waals surface area contributed by atoms with Crippen LogP contribution < -0.4 is 16.0 Å². The van der Waals surface area contributed by atoms with Gasteiger partial charge in [-0.05, 0) is 44.5 Å². The Kier molecular flexibility index (Phi) is 5.33. The van der Waals surface area contributed by atoms with Gasteiger partial charge in [-0.25, -0.2) is 12.7 Å². The number of benzene rings is 1. The number of sulfonamides is 1. The molecule has 140 valence electrons. The lowest BCUT2D eigenvalue weighted by molar-refractivity contribution is 0.407. The van der Waals surface area contributed by atoms with E-state index in [-0.39, 0.29) is 16.8 Å². The average molecular weight is 375 g/mol. The summed E-state index contributed by atoms with van der Waals surface area (Å²) in [5.74, 6) is 0.604. The van der Waals surface area contributed by atoms with Crippen molar-refractivity contribution < 1.29 is 8.42 Å². The molecule has 1 saturated heterocycles. The molecule has 1 atom stereocenters. The van der Waals surface area contributed by atoms with Crippen molar-refractivity contribution >= 4 is 15.9 Å². The second-order valence-corrected chi connectivity index (χ2v) is 8.32. The molecular weight excluding hydrogens is 350 g/mol. The van der Waals surface area contributed by atoms with E-state index in [0.717, 1.165) is 35.8 Å². The van der Waals surface area contributed by atoms with E-state index in [9.17, 15) is 8.42 Å². The van der Waals surface area contributed by atoms with Crippen LogP contribution in [0.3, 0.4) is 0 Å². The molecule has 0 aliphatic carbocycles. The lowest BCUT2D eigenvalue weighted by Crippen LogP contribution is -2.45. The monoisotopic (exact) mass is 375 g/mol. The van der Waals surface area contributed by atoms with Gasteiger partial charge < -0.3 is 16.0 Å². The molecule has 0 unspecified atom stereocenters. The fourth-order valence-electron chi connectivity index (χ4n) is 3.10. The molecule has 2 aliphatic heterocycles. The van der Waals surface area contributed by atoms with Crippen LogP contribution in [0.5, 0.6) is 0 Å². The molecule has 2 aliphatic rings. The van der Waals surface area contributed by atoms with Crippen LogP contribution in [0, 0.1) is 12.3 Å². The van der Waals surface area contributed by atoms with Crippen molar-refractivity contribution in [2.24, 2.45) is 0 Å². The molecule has 1 fully saturated rings. The van der Waals surface area contributed by atoms with E-state index in [0.29, 0.717) is 11.4 Å². The molecule has 8 heteroatoms. The Morgan fingerprint density at radius 3 is 2.65 bits per heavy atom. The van der Waals surface area contributed by atoms with Crippen LogP contribution in [-0.4, -0.2) is 44.7 Å². The summed E-state index contributed by atoms with van der Waals surface area (Å²) in [4.78, 5) is 0.175. The molecule has 4 N–H and O–H groups in total. The van der Waals surface area contributed by atoms with Crippen molar-refractivity contribution in [2.45, 2.75) is 30.7 Å². The smallest absolute Gasteiger partial charge is 0.269 e. The zero-order chi connectivity index (χ0) is 18.7. The highest BCUT2D eigenvalue weighted by molar-refractivity contribution is 7.89. The molecule has 0 radical (unpaired) electrons. The van der Waals surface area contributed by atoms with Gasteiger partial charge in [-0.1, -0.05) is 17.7 Å². The lowest BCUT2D eigenvalue weighted by atomic mass is 10.1. The van der Waals surface area contributed by atoms with Gasteiger partial charge >= 0.3 is 0 Å². The number of piperidine rings is 1. The number of nitrogens with one attached hydrogen (secondary N) is 4. The van der Waals surface area contributed by atoms with Crippen molar-refractivity contribution in [2.75, 3.05) is 20.1 Å². The Labute approximate surface area is 154 Å². The minimum Gasteiger partial charge on any atom is -0.374 e. The topological polar surface area (TPSA) is 97.3 Å². The molecule has 7 nitrogen and oxygen atoms in total. The predicted molar refractivity (Wildman–Crippen MR) is 102 cm³/mol. The second-order valence-electron chi connectivity index (χ2n) is 6.50. The summed E-state index contributed by atoms with van der Waals surface area (Å²) in [6.45, 7) is 3.77. The summed E-state index contributed by atoms with van der Waals surface area (Å²) in [6, 6.07) is 6.90. The predicted octanol–water partition coefficient (Wildman–Crippen LogP) is 1.26. The number of hydrogen-bond acceptors (Lipinski definition) is 6. The maximum absolute atomic E-state index is 12.9. The van der Waals surface area contributed by atoms with Crippen LogP contribution >= 0.6 is 0 Å². The van der Waals surface area contributed by atoms with E-state index >= 15 is 0 Å². The summed E-state index contributed by atoms with van der Waals surface area (Å²) < 4.78 is 26.7. The zero-order valence-corrected chi connectivity index (χ0v) is 15.9. The second kappa shape index (κ2) is 7.51. The Morgan fingerprint density at radius 2 is 2.04 bits per heavy atom. The number of amidine groups is 1. The number of nitrogens with zero attached hydrogens (tertiary/aromatic N) is 1. The largest absolute Gasteiger partial charge is 0.374 e. The summed E-state index contributed by atoms with van der Waals surface area (Å²) in [5.41, 5.74) is 1.52. The van der Waals surface area contributed by atoms with Gasteiger partial charge in [0.05, 0.1) is 10.5 Å². The summed E-state index contributed by atoms with van der Waals surface area (Å²) in [7, 11) is -2.02. The van der Waals surface area contributed by atoms with Gasteiger partial charge in [0, 0.05) is 25.8 Å². The molecule has 0 amide bonds. The SMILES string of the molecule is CN/C(N[C@H]1CCCNC1)=C1/C=CN(S(=O)(=O)c2ccc(C)cc2)C1=N. The average Bonchev–Trinajstić information content (AvgIpc) is 3.03. The van der Waals surface area contributed by atoms with Crippen molar-refractivity contribution in [3.8, 4) is 0 Å². The van der Waals surface area contributed by atoms with E-state index in [1.54, 1.807) is 37.4 Å². The first kappa shape index (κ1) is 18.5. The molecule has 0 bridgehead atoms. The van der Waals surface area contributed by atoms with E-state index in [2.05, 4.69) is 16.0 Å². The van der Waals surface area contributed by atoms with Crippen molar-refractivity contribution in [3.05, 3.63) is 53.5 Å². The Bertz CT molecular complexity index is 837. The minimum absolute atomic E-state index is 0.0637. The molecule has 0 saturated carbocycles. The van der Waals surface area contributed by atoms with Crippen LogP contribution in [0.15, 0.2) is 52.8 Å². The standard InChI is InChI=1S/C18H25N5O2S/c1-13-5-7-15(8-6-13)26(24,25)23-11-9-16(17(23)19)18(20-2)22-14-4-3-10-21-12-14/h5-9,11,14,19-22H,3-4,10,12H2,1-2H3/b18-16+,19-17?/t14-/m0/s1. The summed E-state index contributed by atoms with van der Waals surface area (Å²) in [5, 5.41) is 18.2. The highest BCUT2D eigenvalue weighted by atomic mass is 32.2. The van der Waals surface area contributed by atoms with Crippen molar-refractivity contribution in [1.29, 1.82) is 5.41 Å². The lowest BCUT2D eigenvalue weighted by Gasteiger charge is -2.27. The van der Waals surface area contributed by atoms with Crippen molar-refractivity contribution in [3.63, 3.8) is 0 Å². The molecule has 2 heterocycles. The van der Waals surface area contributed by atoms with Crippen molar-refractivity contribution in [1.82, 2.24) is 20.3 Å². The van der Waals surface area contributed by atoms with E-state index in [1.165, 1.54) is 6.20 Å². The van der Waals surface area contributed by atoms with Gasteiger partial charge in [0.1, 0.15) is 11.7 Å². The molecule has 0 aromatic heterocycles. The Hall–Kier alpha value is -2.32. The first-order chi connectivity index (χ1) is 12.4. The molecule has 3 rings (SSSR count). The van der Waals surface area contributed by atoms with Crippen LogP contribution in [0.1, 0.15) is 18.4 Å². The first-order valence-corrected chi connectivity index (χ1v) is 10.1. The molecular formula is C18H25N5O2S. The third-order valence-electron chi connectivity index (χ3n) is 4.59. The van der Waals surface area contributed by atoms with Gasteiger partial charge in [-0.2, -0.15) is 0 Å². The fraction of sp³-hybridized carbons (Fsp3) is 0.389. The zero-order valence-electron chi connectivity index (χ0n) is 15.0.